The zero-order valence-corrected chi connectivity index (χ0v) is 18.9. The van der Waals surface area contributed by atoms with E-state index in [1.807, 2.05) is 0 Å². The highest BCUT2D eigenvalue weighted by atomic mass is 35.5. The number of furan rings is 1. The van der Waals surface area contributed by atoms with Gasteiger partial charge in [0.1, 0.15) is 29.7 Å². The Kier molecular flexibility index (Phi) is 6.66. The molecule has 2 aromatic heterocycles. The summed E-state index contributed by atoms with van der Waals surface area (Å²) in [5.74, 6) is -0.189. The molecule has 2 heterocycles. The predicted octanol–water partition coefficient (Wildman–Crippen LogP) is 5.69. The van der Waals surface area contributed by atoms with Gasteiger partial charge in [-0.1, -0.05) is 23.2 Å². The SMILES string of the molecule is O=C(Nc1cc(Oc2ccc(Cl)cc2Cl)cc([N+](=O)[O-])c1)c1ccc(Cn2cc([N+](=O)[O-])cn2)o1. The van der Waals surface area contributed by atoms with Gasteiger partial charge in [-0.15, -0.1) is 0 Å². The molecular formula is C21H13Cl2N5O7. The number of aromatic nitrogens is 2. The third kappa shape index (κ3) is 5.75. The fourth-order valence-corrected chi connectivity index (χ4v) is 3.42. The minimum atomic E-state index is -0.682. The van der Waals surface area contributed by atoms with Crippen LogP contribution in [0.4, 0.5) is 17.1 Å². The van der Waals surface area contributed by atoms with Crippen molar-refractivity contribution in [2.45, 2.75) is 6.54 Å². The number of amides is 1. The van der Waals surface area contributed by atoms with Crippen molar-refractivity contribution < 1.29 is 23.8 Å². The zero-order valence-electron chi connectivity index (χ0n) is 17.4. The molecule has 0 saturated carbocycles. The first-order valence-corrected chi connectivity index (χ1v) is 10.4. The van der Waals surface area contributed by atoms with Crippen molar-refractivity contribution >= 4 is 46.2 Å². The van der Waals surface area contributed by atoms with E-state index in [-0.39, 0.29) is 45.9 Å². The van der Waals surface area contributed by atoms with Gasteiger partial charge in [0.25, 0.3) is 11.6 Å². The Bertz CT molecular complexity index is 1450. The van der Waals surface area contributed by atoms with Gasteiger partial charge in [-0.3, -0.25) is 29.7 Å². The number of anilines is 1. The normalized spacial score (nSPS) is 10.7. The van der Waals surface area contributed by atoms with E-state index in [1.165, 1.54) is 47.3 Å². The standard InChI is InChI=1S/C21H13Cl2N5O7/c22-12-1-3-19(18(23)5-12)35-17-7-13(6-14(8-17)27(30)31)25-21(29)20-4-2-16(34-20)11-26-10-15(9-24-26)28(32)33/h1-10H,11H2,(H,25,29). The average Bonchev–Trinajstić information content (AvgIpc) is 3.46. The molecule has 35 heavy (non-hydrogen) atoms. The maximum Gasteiger partial charge on any atom is 0.307 e. The van der Waals surface area contributed by atoms with Gasteiger partial charge in [0, 0.05) is 17.2 Å². The number of hydrogen-bond donors (Lipinski definition) is 1. The maximum atomic E-state index is 12.7. The summed E-state index contributed by atoms with van der Waals surface area (Å²) in [6.45, 7) is 0.0533. The summed E-state index contributed by atoms with van der Waals surface area (Å²) in [5, 5.41) is 29.1. The third-order valence-electron chi connectivity index (χ3n) is 4.52. The van der Waals surface area contributed by atoms with Gasteiger partial charge < -0.3 is 14.5 Å². The number of nitro groups is 2. The highest BCUT2D eigenvalue weighted by Crippen LogP contribution is 2.34. The van der Waals surface area contributed by atoms with Crippen LogP contribution in [0.1, 0.15) is 16.3 Å². The highest BCUT2D eigenvalue weighted by Gasteiger charge is 2.17. The monoisotopic (exact) mass is 517 g/mol. The minimum Gasteiger partial charge on any atom is -0.455 e. The summed E-state index contributed by atoms with van der Waals surface area (Å²) in [5.41, 5.74) is -0.439. The van der Waals surface area contributed by atoms with Crippen molar-refractivity contribution in [2.24, 2.45) is 0 Å². The second kappa shape index (κ2) is 9.83. The quantitative estimate of drug-likeness (QED) is 0.230. The van der Waals surface area contributed by atoms with Gasteiger partial charge in [-0.2, -0.15) is 5.10 Å². The number of non-ortho nitro benzene ring substituents is 1. The van der Waals surface area contributed by atoms with Crippen LogP contribution in [0.25, 0.3) is 0 Å². The van der Waals surface area contributed by atoms with E-state index in [0.717, 1.165) is 12.3 Å². The second-order valence-electron chi connectivity index (χ2n) is 7.02. The molecule has 1 amide bonds. The Hall–Kier alpha value is -4.42. The molecule has 4 rings (SSSR count). The van der Waals surface area contributed by atoms with Crippen molar-refractivity contribution in [1.29, 1.82) is 0 Å². The first kappa shape index (κ1) is 23.7. The number of nitrogens with one attached hydrogen (secondary N) is 1. The zero-order chi connectivity index (χ0) is 25.1. The van der Waals surface area contributed by atoms with E-state index >= 15 is 0 Å². The Labute approximate surface area is 205 Å². The molecule has 14 heteroatoms. The molecule has 0 aliphatic carbocycles. The molecule has 4 aromatic rings. The van der Waals surface area contributed by atoms with E-state index in [1.54, 1.807) is 6.07 Å². The number of nitrogens with zero attached hydrogens (tertiary/aromatic N) is 4. The lowest BCUT2D eigenvalue weighted by atomic mass is 10.2. The largest absolute Gasteiger partial charge is 0.455 e. The van der Waals surface area contributed by atoms with E-state index < -0.39 is 15.8 Å². The third-order valence-corrected chi connectivity index (χ3v) is 5.05. The Morgan fingerprint density at radius 1 is 1.06 bits per heavy atom. The molecule has 0 aliphatic heterocycles. The second-order valence-corrected chi connectivity index (χ2v) is 7.87. The lowest BCUT2D eigenvalue weighted by molar-refractivity contribution is -0.385. The van der Waals surface area contributed by atoms with Gasteiger partial charge in [-0.05, 0) is 30.3 Å². The lowest BCUT2D eigenvalue weighted by Gasteiger charge is -2.10. The van der Waals surface area contributed by atoms with E-state index in [9.17, 15) is 25.0 Å². The molecule has 0 unspecified atom stereocenters. The van der Waals surface area contributed by atoms with Gasteiger partial charge in [-0.25, -0.2) is 0 Å². The smallest absolute Gasteiger partial charge is 0.307 e. The molecule has 178 valence electrons. The van der Waals surface area contributed by atoms with Crippen molar-refractivity contribution in [3.8, 4) is 11.5 Å². The molecular weight excluding hydrogens is 505 g/mol. The summed E-state index contributed by atoms with van der Waals surface area (Å²) >= 11 is 12.0. The van der Waals surface area contributed by atoms with Gasteiger partial charge in [0.2, 0.25) is 0 Å². The van der Waals surface area contributed by atoms with Crippen LogP contribution >= 0.6 is 23.2 Å². The number of halogens is 2. The van der Waals surface area contributed by atoms with E-state index in [2.05, 4.69) is 10.4 Å². The van der Waals surface area contributed by atoms with Gasteiger partial charge >= 0.3 is 5.69 Å². The van der Waals surface area contributed by atoms with Crippen LogP contribution < -0.4 is 10.1 Å². The molecule has 0 aliphatic rings. The Morgan fingerprint density at radius 3 is 2.51 bits per heavy atom. The number of ether oxygens (including phenoxy) is 1. The number of benzene rings is 2. The van der Waals surface area contributed by atoms with Crippen LogP contribution in [-0.4, -0.2) is 25.5 Å². The fourth-order valence-electron chi connectivity index (χ4n) is 2.98. The van der Waals surface area contributed by atoms with Gasteiger partial charge in [0.05, 0.1) is 33.2 Å². The number of carbonyl (C=O) groups excluding carboxylic acids is 1. The van der Waals surface area contributed by atoms with Crippen molar-refractivity contribution in [1.82, 2.24) is 9.78 Å². The van der Waals surface area contributed by atoms with Crippen LogP contribution in [0.15, 0.2) is 65.3 Å². The van der Waals surface area contributed by atoms with Crippen LogP contribution in [0.3, 0.4) is 0 Å². The van der Waals surface area contributed by atoms with Gasteiger partial charge in [0.15, 0.2) is 5.76 Å². The molecule has 0 spiro atoms. The summed E-state index contributed by atoms with van der Waals surface area (Å²) in [7, 11) is 0. The molecule has 0 bridgehead atoms. The summed E-state index contributed by atoms with van der Waals surface area (Å²) < 4.78 is 12.4. The molecule has 0 fully saturated rings. The molecule has 1 N–H and O–H groups in total. The van der Waals surface area contributed by atoms with Crippen LogP contribution in [-0.2, 0) is 6.54 Å². The van der Waals surface area contributed by atoms with Crippen molar-refractivity contribution in [3.05, 3.63) is 103 Å². The minimum absolute atomic E-state index is 0.0533. The van der Waals surface area contributed by atoms with E-state index in [0.29, 0.717) is 10.8 Å². The highest BCUT2D eigenvalue weighted by molar-refractivity contribution is 6.35. The average molecular weight is 518 g/mol. The topological polar surface area (TPSA) is 156 Å². The fraction of sp³-hybridized carbons (Fsp3) is 0.0476. The number of rotatable bonds is 8. The van der Waals surface area contributed by atoms with Crippen LogP contribution in [0, 0.1) is 20.2 Å². The number of carbonyl (C=O) groups is 1. The Balaban J connectivity index is 1.51. The van der Waals surface area contributed by atoms with E-state index in [4.69, 9.17) is 32.4 Å². The predicted molar refractivity (Wildman–Crippen MR) is 124 cm³/mol. The first-order chi connectivity index (χ1) is 16.7. The van der Waals surface area contributed by atoms with Crippen molar-refractivity contribution in [3.63, 3.8) is 0 Å². The molecule has 2 aromatic carbocycles. The molecule has 0 saturated heterocycles. The molecule has 0 atom stereocenters. The van der Waals surface area contributed by atoms with Crippen molar-refractivity contribution in [2.75, 3.05) is 5.32 Å². The van der Waals surface area contributed by atoms with Crippen LogP contribution in [0.5, 0.6) is 11.5 Å². The summed E-state index contributed by atoms with van der Waals surface area (Å²) in [4.78, 5) is 33.6. The van der Waals surface area contributed by atoms with Crippen LogP contribution in [0.2, 0.25) is 10.0 Å². The molecule has 12 nitrogen and oxygen atoms in total. The summed E-state index contributed by atoms with van der Waals surface area (Å²) in [6, 6.07) is 11.1. The maximum absolute atomic E-state index is 12.7. The first-order valence-electron chi connectivity index (χ1n) is 9.67. The molecule has 0 radical (unpaired) electrons. The number of hydrogen-bond acceptors (Lipinski definition) is 8. The number of nitro benzene ring substituents is 1. The Morgan fingerprint density at radius 2 is 1.83 bits per heavy atom. The summed E-state index contributed by atoms with van der Waals surface area (Å²) in [6.07, 6.45) is 2.32. The lowest BCUT2D eigenvalue weighted by Crippen LogP contribution is -2.11.